The normalized spacial score (nSPS) is 20.2. The second-order valence-electron chi connectivity index (χ2n) is 4.91. The first-order valence-electron chi connectivity index (χ1n) is 6.26. The van der Waals surface area contributed by atoms with Crippen molar-refractivity contribution in [3.63, 3.8) is 0 Å². The summed E-state index contributed by atoms with van der Waals surface area (Å²) in [6, 6.07) is 4.50. The highest BCUT2D eigenvalue weighted by molar-refractivity contribution is 6.04. The Morgan fingerprint density at radius 3 is 2.52 bits per heavy atom. The van der Waals surface area contributed by atoms with Crippen LogP contribution in [0.5, 0.6) is 0 Å². The molecule has 0 saturated heterocycles. The van der Waals surface area contributed by atoms with Crippen molar-refractivity contribution in [3.05, 3.63) is 38.9 Å². The van der Waals surface area contributed by atoms with Gasteiger partial charge in [-0.15, -0.1) is 0 Å². The van der Waals surface area contributed by atoms with Gasteiger partial charge in [0.2, 0.25) is 5.91 Å². The van der Waals surface area contributed by atoms with Crippen LogP contribution in [-0.2, 0) is 9.59 Å². The maximum absolute atomic E-state index is 12.0. The highest BCUT2D eigenvalue weighted by Gasteiger charge is 2.48. The maximum atomic E-state index is 12.0. The first-order chi connectivity index (χ1) is 9.99. The fourth-order valence-corrected chi connectivity index (χ4v) is 2.32. The number of nitrogens with one attached hydrogen (secondary N) is 3. The number of amides is 1. The smallest absolute Gasteiger partial charge is 0.307 e. The number of fused-ring (bicyclic) bond motifs is 1. The van der Waals surface area contributed by atoms with Crippen LogP contribution in [0.2, 0.25) is 0 Å². The number of carboxylic acids is 1. The van der Waals surface area contributed by atoms with Gasteiger partial charge in [0, 0.05) is 0 Å². The zero-order valence-electron chi connectivity index (χ0n) is 10.7. The number of benzene rings is 1. The second-order valence-corrected chi connectivity index (χ2v) is 4.91. The van der Waals surface area contributed by atoms with Gasteiger partial charge in [0.25, 0.3) is 11.1 Å². The van der Waals surface area contributed by atoms with Crippen molar-refractivity contribution < 1.29 is 14.7 Å². The van der Waals surface area contributed by atoms with Gasteiger partial charge in [0.05, 0.1) is 28.3 Å². The number of aliphatic carboxylic acids is 1. The molecule has 8 heteroatoms. The standard InChI is InChI=1S/C13H11N3O5/c17-10(6-4-7(6)13(20)21)14-8-3-1-2-5-9(8)12(19)16-15-11(5)18/h1-3,6-7H,4H2,(H,14,17)(H,15,18)(H,16,19)(H,20,21)/t6-,7+/m1/s1. The summed E-state index contributed by atoms with van der Waals surface area (Å²) in [5.74, 6) is -2.75. The number of carbonyl (C=O) groups excluding carboxylic acids is 1. The van der Waals surface area contributed by atoms with E-state index in [1.807, 2.05) is 0 Å². The van der Waals surface area contributed by atoms with E-state index in [0.29, 0.717) is 0 Å². The molecule has 2 aromatic rings. The number of hydrogen-bond acceptors (Lipinski definition) is 4. The monoisotopic (exact) mass is 289 g/mol. The Morgan fingerprint density at radius 1 is 1.14 bits per heavy atom. The molecule has 0 unspecified atom stereocenters. The predicted molar refractivity (Wildman–Crippen MR) is 73.1 cm³/mol. The fraction of sp³-hybridized carbons (Fsp3) is 0.231. The molecule has 21 heavy (non-hydrogen) atoms. The fourth-order valence-electron chi connectivity index (χ4n) is 2.32. The summed E-state index contributed by atoms with van der Waals surface area (Å²) in [7, 11) is 0. The van der Waals surface area contributed by atoms with Crippen LogP contribution in [0.4, 0.5) is 5.69 Å². The lowest BCUT2D eigenvalue weighted by molar-refractivity contribution is -0.139. The third-order valence-electron chi connectivity index (χ3n) is 3.53. The van der Waals surface area contributed by atoms with Crippen molar-refractivity contribution in [1.29, 1.82) is 0 Å². The van der Waals surface area contributed by atoms with Crippen LogP contribution in [0, 0.1) is 11.8 Å². The van der Waals surface area contributed by atoms with E-state index in [9.17, 15) is 19.2 Å². The number of aromatic nitrogens is 2. The minimum atomic E-state index is -1.01. The van der Waals surface area contributed by atoms with Gasteiger partial charge in [0.15, 0.2) is 0 Å². The zero-order valence-corrected chi connectivity index (χ0v) is 10.7. The molecule has 1 aromatic carbocycles. The number of aromatic amines is 2. The molecule has 3 rings (SSSR count). The van der Waals surface area contributed by atoms with E-state index in [1.54, 1.807) is 0 Å². The Hall–Kier alpha value is -2.90. The molecule has 8 nitrogen and oxygen atoms in total. The summed E-state index contributed by atoms with van der Waals surface area (Å²) in [6.45, 7) is 0. The van der Waals surface area contributed by atoms with E-state index < -0.39 is 34.8 Å². The highest BCUT2D eigenvalue weighted by Crippen LogP contribution is 2.39. The number of anilines is 1. The maximum Gasteiger partial charge on any atom is 0.307 e. The van der Waals surface area contributed by atoms with Crippen LogP contribution in [0.25, 0.3) is 10.8 Å². The number of carboxylic acid groups (broad SMARTS) is 1. The van der Waals surface area contributed by atoms with Crippen LogP contribution in [0.1, 0.15) is 6.42 Å². The van der Waals surface area contributed by atoms with Gasteiger partial charge < -0.3 is 10.4 Å². The molecule has 1 aliphatic carbocycles. The van der Waals surface area contributed by atoms with Crippen molar-refractivity contribution in [2.45, 2.75) is 6.42 Å². The molecular weight excluding hydrogens is 278 g/mol. The average Bonchev–Trinajstić information content (AvgIpc) is 3.24. The van der Waals surface area contributed by atoms with Gasteiger partial charge in [-0.1, -0.05) is 6.07 Å². The van der Waals surface area contributed by atoms with Crippen LogP contribution in [0.15, 0.2) is 27.8 Å². The molecule has 2 atom stereocenters. The predicted octanol–water partition coefficient (Wildman–Crippen LogP) is -0.124. The lowest BCUT2D eigenvalue weighted by atomic mass is 10.1. The molecule has 1 aromatic heterocycles. The summed E-state index contributed by atoms with van der Waals surface area (Å²) < 4.78 is 0. The summed E-state index contributed by atoms with van der Waals surface area (Å²) >= 11 is 0. The third kappa shape index (κ3) is 2.20. The second kappa shape index (κ2) is 4.58. The molecule has 4 N–H and O–H groups in total. The third-order valence-corrected chi connectivity index (χ3v) is 3.53. The molecule has 1 aliphatic rings. The van der Waals surface area contributed by atoms with Gasteiger partial charge in [-0.3, -0.25) is 29.4 Å². The molecule has 1 saturated carbocycles. The van der Waals surface area contributed by atoms with E-state index in [1.165, 1.54) is 18.2 Å². The molecule has 1 amide bonds. The largest absolute Gasteiger partial charge is 0.481 e. The Kier molecular flexibility index (Phi) is 2.86. The van der Waals surface area contributed by atoms with E-state index >= 15 is 0 Å². The SMILES string of the molecule is O=C(O)[C@H]1C[C@H]1C(=O)Nc1cccc2c(=O)[nH][nH]c(=O)c12. The van der Waals surface area contributed by atoms with E-state index in [0.717, 1.165) is 0 Å². The van der Waals surface area contributed by atoms with E-state index in [4.69, 9.17) is 5.11 Å². The van der Waals surface area contributed by atoms with Gasteiger partial charge >= 0.3 is 5.97 Å². The van der Waals surface area contributed by atoms with Crippen molar-refractivity contribution >= 4 is 28.3 Å². The number of H-pyrrole nitrogens is 2. The number of hydrogen-bond donors (Lipinski definition) is 4. The summed E-state index contributed by atoms with van der Waals surface area (Å²) in [5.41, 5.74) is -0.817. The Balaban J connectivity index is 1.97. The Bertz CT molecular complexity index is 866. The molecule has 0 radical (unpaired) electrons. The molecule has 1 heterocycles. The highest BCUT2D eigenvalue weighted by atomic mass is 16.4. The minimum Gasteiger partial charge on any atom is -0.481 e. The first kappa shape index (κ1) is 13.1. The molecule has 108 valence electrons. The minimum absolute atomic E-state index is 0.0714. The zero-order chi connectivity index (χ0) is 15.1. The molecule has 1 fully saturated rings. The van der Waals surface area contributed by atoms with Gasteiger partial charge in [-0.25, -0.2) is 0 Å². The van der Waals surface area contributed by atoms with Crippen LogP contribution < -0.4 is 16.4 Å². The molecule has 0 spiro atoms. The van der Waals surface area contributed by atoms with Gasteiger partial charge in [-0.2, -0.15) is 0 Å². The quantitative estimate of drug-likeness (QED) is 0.625. The summed E-state index contributed by atoms with van der Waals surface area (Å²) in [4.78, 5) is 46.2. The van der Waals surface area contributed by atoms with E-state index in [2.05, 4.69) is 15.5 Å². The first-order valence-corrected chi connectivity index (χ1v) is 6.26. The van der Waals surface area contributed by atoms with Gasteiger partial charge in [0.1, 0.15) is 0 Å². The Morgan fingerprint density at radius 2 is 1.86 bits per heavy atom. The number of rotatable bonds is 3. The summed E-state index contributed by atoms with van der Waals surface area (Å²) in [6.07, 6.45) is 0.281. The number of carbonyl (C=O) groups is 2. The van der Waals surface area contributed by atoms with E-state index in [-0.39, 0.29) is 22.9 Å². The molecular formula is C13H11N3O5. The lowest BCUT2D eigenvalue weighted by Crippen LogP contribution is -2.22. The van der Waals surface area contributed by atoms with Crippen LogP contribution in [-0.4, -0.2) is 27.2 Å². The average molecular weight is 289 g/mol. The van der Waals surface area contributed by atoms with Crippen LogP contribution in [0.3, 0.4) is 0 Å². The van der Waals surface area contributed by atoms with Crippen LogP contribution >= 0.6 is 0 Å². The van der Waals surface area contributed by atoms with Crippen molar-refractivity contribution in [1.82, 2.24) is 10.2 Å². The van der Waals surface area contributed by atoms with Gasteiger partial charge in [-0.05, 0) is 18.6 Å². The van der Waals surface area contributed by atoms with Crippen molar-refractivity contribution in [2.75, 3.05) is 5.32 Å². The topological polar surface area (TPSA) is 132 Å². The molecule has 0 bridgehead atoms. The van der Waals surface area contributed by atoms with Crippen molar-refractivity contribution in [2.24, 2.45) is 11.8 Å². The Labute approximate surface area is 116 Å². The van der Waals surface area contributed by atoms with Crippen molar-refractivity contribution in [3.8, 4) is 0 Å². The summed E-state index contributed by atoms with van der Waals surface area (Å²) in [5, 5.41) is 15.9. The molecule has 0 aliphatic heterocycles. The lowest BCUT2D eigenvalue weighted by Gasteiger charge is -2.07.